The first-order chi connectivity index (χ1) is 11.1. The highest BCUT2D eigenvalue weighted by atomic mass is 32.2. The molecule has 0 amide bonds. The van der Waals surface area contributed by atoms with E-state index in [1.54, 1.807) is 12.3 Å². The van der Waals surface area contributed by atoms with Gasteiger partial charge in [-0.05, 0) is 18.4 Å². The summed E-state index contributed by atoms with van der Waals surface area (Å²) in [6.45, 7) is 0. The van der Waals surface area contributed by atoms with E-state index < -0.39 is 18.4 Å². The zero-order valence-electron chi connectivity index (χ0n) is 12.0. The van der Waals surface area contributed by atoms with Crippen molar-refractivity contribution in [3.8, 4) is 17.6 Å². The number of hydrogen-bond acceptors (Lipinski definition) is 5. The second-order valence-corrected chi connectivity index (χ2v) is 5.86. The van der Waals surface area contributed by atoms with Crippen LogP contribution in [-0.4, -0.2) is 22.5 Å². The molecule has 1 heterocycles. The largest absolute Gasteiger partial charge is 0.455 e. The Morgan fingerprint density at radius 3 is 2.78 bits per heavy atom. The lowest BCUT2D eigenvalue weighted by molar-refractivity contribution is 0.0455. The van der Waals surface area contributed by atoms with Gasteiger partial charge in [0.2, 0.25) is 0 Å². The van der Waals surface area contributed by atoms with Crippen molar-refractivity contribution in [2.45, 2.75) is 23.3 Å². The average molecular weight is 334 g/mol. The molecule has 0 saturated carbocycles. The maximum atomic E-state index is 14.3. The van der Waals surface area contributed by atoms with Gasteiger partial charge < -0.3 is 9.84 Å². The molecule has 0 saturated heterocycles. The number of halogens is 2. The van der Waals surface area contributed by atoms with Crippen molar-refractivity contribution in [2.24, 2.45) is 0 Å². The lowest BCUT2D eigenvalue weighted by Crippen LogP contribution is -2.09. The molecule has 1 aromatic carbocycles. The topological polar surface area (TPSA) is 66.1 Å². The highest BCUT2D eigenvalue weighted by Gasteiger charge is 2.44. The number of aromatic nitrogens is 1. The van der Waals surface area contributed by atoms with Crippen molar-refractivity contribution in [3.05, 3.63) is 47.3 Å². The van der Waals surface area contributed by atoms with Crippen molar-refractivity contribution >= 4 is 11.8 Å². The summed E-state index contributed by atoms with van der Waals surface area (Å²) in [4.78, 5) is 4.46. The standard InChI is InChI=1S/C16H12F2N2O2S/c1-23-11-3-2-10(12-13(11)16(21)15(18)14(12)17)22-9-4-8(5-19)6-20-7-9/h2-4,6-7,14-16,21H,1H3. The predicted molar refractivity (Wildman–Crippen MR) is 81.0 cm³/mol. The van der Waals surface area contributed by atoms with E-state index >= 15 is 0 Å². The second kappa shape index (κ2) is 6.14. The normalized spacial score (nSPS) is 22.5. The Balaban J connectivity index is 2.06. The summed E-state index contributed by atoms with van der Waals surface area (Å²) in [5.74, 6) is 0.355. The number of hydrogen-bond donors (Lipinski definition) is 1. The van der Waals surface area contributed by atoms with Gasteiger partial charge in [-0.3, -0.25) is 4.98 Å². The van der Waals surface area contributed by atoms with Crippen molar-refractivity contribution in [1.29, 1.82) is 5.26 Å². The number of aliphatic hydroxyl groups is 1. The van der Waals surface area contributed by atoms with Gasteiger partial charge in [-0.15, -0.1) is 11.8 Å². The molecule has 1 aliphatic rings. The quantitative estimate of drug-likeness (QED) is 0.863. The van der Waals surface area contributed by atoms with Gasteiger partial charge in [0.05, 0.1) is 11.8 Å². The maximum Gasteiger partial charge on any atom is 0.165 e. The molecule has 0 spiro atoms. The molecule has 1 N–H and O–H groups in total. The fourth-order valence-electron chi connectivity index (χ4n) is 2.59. The molecule has 1 aromatic heterocycles. The van der Waals surface area contributed by atoms with Gasteiger partial charge in [0, 0.05) is 28.3 Å². The summed E-state index contributed by atoms with van der Waals surface area (Å²) >= 11 is 1.30. The zero-order chi connectivity index (χ0) is 16.6. The second-order valence-electron chi connectivity index (χ2n) is 5.01. The fourth-order valence-corrected chi connectivity index (χ4v) is 3.25. The zero-order valence-corrected chi connectivity index (χ0v) is 12.8. The maximum absolute atomic E-state index is 14.3. The molecule has 3 atom stereocenters. The van der Waals surface area contributed by atoms with E-state index in [0.29, 0.717) is 10.5 Å². The lowest BCUT2D eigenvalue weighted by Gasteiger charge is -2.14. The van der Waals surface area contributed by atoms with E-state index in [0.717, 1.165) is 0 Å². The molecule has 3 rings (SSSR count). The van der Waals surface area contributed by atoms with Crippen LogP contribution >= 0.6 is 11.8 Å². The molecule has 4 nitrogen and oxygen atoms in total. The van der Waals surface area contributed by atoms with Gasteiger partial charge in [0.15, 0.2) is 12.3 Å². The van der Waals surface area contributed by atoms with Gasteiger partial charge in [-0.1, -0.05) is 0 Å². The van der Waals surface area contributed by atoms with E-state index in [-0.39, 0.29) is 22.6 Å². The van der Waals surface area contributed by atoms with Crippen LogP contribution in [-0.2, 0) is 0 Å². The van der Waals surface area contributed by atoms with Crippen molar-refractivity contribution < 1.29 is 18.6 Å². The summed E-state index contributed by atoms with van der Waals surface area (Å²) in [6.07, 6.45) is -0.996. The Bertz CT molecular complexity index is 794. The summed E-state index contributed by atoms with van der Waals surface area (Å²) in [5, 5.41) is 18.8. The SMILES string of the molecule is CSc1ccc(Oc2cncc(C#N)c2)c2c1C(O)C(F)C2F. The van der Waals surface area contributed by atoms with E-state index in [1.807, 2.05) is 6.07 Å². The Hall–Kier alpha value is -2.17. The molecule has 0 aliphatic heterocycles. The minimum absolute atomic E-state index is 0.0132. The van der Waals surface area contributed by atoms with Crippen LogP contribution in [0.4, 0.5) is 8.78 Å². The number of alkyl halides is 2. The molecule has 0 radical (unpaired) electrons. The molecule has 1 aliphatic carbocycles. The first-order valence-electron chi connectivity index (χ1n) is 6.76. The van der Waals surface area contributed by atoms with Crippen LogP contribution in [0.5, 0.6) is 11.5 Å². The van der Waals surface area contributed by atoms with Crippen LogP contribution in [0.3, 0.4) is 0 Å². The van der Waals surface area contributed by atoms with Crippen LogP contribution < -0.4 is 4.74 Å². The van der Waals surface area contributed by atoms with E-state index in [1.165, 1.54) is 36.3 Å². The first kappa shape index (κ1) is 15.7. The van der Waals surface area contributed by atoms with Crippen molar-refractivity contribution in [2.75, 3.05) is 6.26 Å². The number of pyridine rings is 1. The Kier molecular flexibility index (Phi) is 4.20. The van der Waals surface area contributed by atoms with Gasteiger partial charge in [-0.2, -0.15) is 5.26 Å². The molecule has 0 fully saturated rings. The molecule has 0 bridgehead atoms. The third-order valence-corrected chi connectivity index (χ3v) is 4.45. The number of nitrogens with zero attached hydrogens (tertiary/aromatic N) is 2. The van der Waals surface area contributed by atoms with E-state index in [9.17, 15) is 13.9 Å². The first-order valence-corrected chi connectivity index (χ1v) is 7.99. The molecular formula is C16H12F2N2O2S. The van der Waals surface area contributed by atoms with Gasteiger partial charge in [0.25, 0.3) is 0 Å². The number of benzene rings is 1. The monoisotopic (exact) mass is 334 g/mol. The van der Waals surface area contributed by atoms with Crippen LogP contribution in [0.25, 0.3) is 0 Å². The molecule has 2 aromatic rings. The fraction of sp³-hybridized carbons (Fsp3) is 0.250. The average Bonchev–Trinajstić information content (AvgIpc) is 2.81. The predicted octanol–water partition coefficient (Wildman–Crippen LogP) is 3.86. The Morgan fingerprint density at radius 2 is 2.09 bits per heavy atom. The summed E-state index contributed by atoms with van der Waals surface area (Å²) in [6, 6.07) is 6.55. The van der Waals surface area contributed by atoms with E-state index in [2.05, 4.69) is 4.98 Å². The summed E-state index contributed by atoms with van der Waals surface area (Å²) in [5.41, 5.74) is 0.527. The third-order valence-electron chi connectivity index (χ3n) is 3.65. The Morgan fingerprint density at radius 1 is 1.30 bits per heavy atom. The molecule has 3 unspecified atom stereocenters. The third kappa shape index (κ3) is 2.64. The van der Waals surface area contributed by atoms with Crippen LogP contribution in [0.1, 0.15) is 29.0 Å². The highest BCUT2D eigenvalue weighted by Crippen LogP contribution is 2.51. The van der Waals surface area contributed by atoms with Crippen molar-refractivity contribution in [1.82, 2.24) is 4.98 Å². The lowest BCUT2D eigenvalue weighted by atomic mass is 10.1. The smallest absolute Gasteiger partial charge is 0.165 e. The number of ether oxygens (including phenoxy) is 1. The molecule has 118 valence electrons. The number of aliphatic hydroxyl groups excluding tert-OH is 1. The number of rotatable bonds is 3. The van der Waals surface area contributed by atoms with Gasteiger partial charge in [0.1, 0.15) is 23.7 Å². The summed E-state index contributed by atoms with van der Waals surface area (Å²) < 4.78 is 33.8. The van der Waals surface area contributed by atoms with Crippen LogP contribution in [0, 0.1) is 11.3 Å². The summed E-state index contributed by atoms with van der Waals surface area (Å²) in [7, 11) is 0. The molecular weight excluding hydrogens is 322 g/mol. The minimum atomic E-state index is -2.02. The molecule has 7 heteroatoms. The minimum Gasteiger partial charge on any atom is -0.455 e. The number of thioether (sulfide) groups is 1. The van der Waals surface area contributed by atoms with Crippen LogP contribution in [0.15, 0.2) is 35.5 Å². The number of nitriles is 1. The van der Waals surface area contributed by atoms with Crippen LogP contribution in [0.2, 0.25) is 0 Å². The Labute approximate surface area is 135 Å². The van der Waals surface area contributed by atoms with Crippen molar-refractivity contribution in [3.63, 3.8) is 0 Å². The highest BCUT2D eigenvalue weighted by molar-refractivity contribution is 7.98. The van der Waals surface area contributed by atoms with Gasteiger partial charge >= 0.3 is 0 Å². The van der Waals surface area contributed by atoms with Gasteiger partial charge in [-0.25, -0.2) is 8.78 Å². The molecule has 23 heavy (non-hydrogen) atoms. The number of fused-ring (bicyclic) bond motifs is 1. The van der Waals surface area contributed by atoms with E-state index in [4.69, 9.17) is 10.00 Å².